The third kappa shape index (κ3) is 6.12. The summed E-state index contributed by atoms with van der Waals surface area (Å²) in [6, 6.07) is 16.6. The molecule has 2 rings (SSSR count). The van der Waals surface area contributed by atoms with E-state index in [0.717, 1.165) is 11.3 Å². The highest BCUT2D eigenvalue weighted by atomic mass is 16.5. The molecule has 2 aromatic rings. The van der Waals surface area contributed by atoms with Gasteiger partial charge in [-0.25, -0.2) is 0 Å². The fourth-order valence-corrected chi connectivity index (χ4v) is 2.33. The van der Waals surface area contributed by atoms with E-state index < -0.39 is 0 Å². The molecule has 0 aliphatic carbocycles. The van der Waals surface area contributed by atoms with Crippen LogP contribution in [-0.4, -0.2) is 43.5 Å². The summed E-state index contributed by atoms with van der Waals surface area (Å²) in [6.07, 6.45) is 0. The fourth-order valence-electron chi connectivity index (χ4n) is 2.33. The van der Waals surface area contributed by atoms with Crippen LogP contribution in [0.4, 0.5) is 0 Å². The van der Waals surface area contributed by atoms with Gasteiger partial charge in [0.1, 0.15) is 11.5 Å². The minimum absolute atomic E-state index is 0.0546. The molecule has 6 nitrogen and oxygen atoms in total. The van der Waals surface area contributed by atoms with Crippen LogP contribution >= 0.6 is 0 Å². The van der Waals surface area contributed by atoms with Crippen LogP contribution in [0.5, 0.6) is 11.5 Å². The molecule has 0 aromatic heterocycles. The molecule has 0 saturated heterocycles. The highest BCUT2D eigenvalue weighted by molar-refractivity contribution is 5.85. The number of ether oxygens (including phenoxy) is 2. The van der Waals surface area contributed by atoms with Crippen molar-refractivity contribution in [1.29, 1.82) is 0 Å². The van der Waals surface area contributed by atoms with E-state index in [1.165, 1.54) is 0 Å². The quantitative estimate of drug-likeness (QED) is 0.748. The van der Waals surface area contributed by atoms with Crippen LogP contribution in [0.2, 0.25) is 0 Å². The summed E-state index contributed by atoms with van der Waals surface area (Å²) in [5.41, 5.74) is 1.000. The van der Waals surface area contributed by atoms with Crippen molar-refractivity contribution in [2.75, 3.05) is 26.8 Å². The molecular weight excluding hydrogens is 332 g/mol. The maximum Gasteiger partial charge on any atom is 0.258 e. The maximum atomic E-state index is 12.3. The molecule has 0 saturated carbocycles. The Balaban J connectivity index is 1.77. The summed E-state index contributed by atoms with van der Waals surface area (Å²) in [5, 5.41) is 2.60. The number of nitrogens with one attached hydrogen (secondary N) is 1. The number of rotatable bonds is 9. The van der Waals surface area contributed by atoms with Crippen molar-refractivity contribution in [3.63, 3.8) is 0 Å². The molecule has 0 radical (unpaired) electrons. The van der Waals surface area contributed by atoms with Crippen molar-refractivity contribution < 1.29 is 19.1 Å². The lowest BCUT2D eigenvalue weighted by Gasteiger charge is -2.21. The van der Waals surface area contributed by atoms with Gasteiger partial charge in [-0.2, -0.15) is 0 Å². The average Bonchev–Trinajstić information content (AvgIpc) is 2.69. The van der Waals surface area contributed by atoms with E-state index in [4.69, 9.17) is 9.47 Å². The molecule has 2 amide bonds. The SMILES string of the molecule is CCN(Cc1ccc(OC)cc1)C(=O)CNC(=O)COc1ccccc1. The van der Waals surface area contributed by atoms with E-state index in [1.54, 1.807) is 24.1 Å². The van der Waals surface area contributed by atoms with Crippen molar-refractivity contribution in [3.05, 3.63) is 60.2 Å². The highest BCUT2D eigenvalue weighted by Gasteiger charge is 2.13. The van der Waals surface area contributed by atoms with Crippen LogP contribution < -0.4 is 14.8 Å². The third-order valence-electron chi connectivity index (χ3n) is 3.82. The number of amides is 2. The molecular formula is C20H24N2O4. The Labute approximate surface area is 153 Å². The molecule has 0 heterocycles. The predicted octanol–water partition coefficient (Wildman–Crippen LogP) is 2.24. The van der Waals surface area contributed by atoms with Gasteiger partial charge in [0, 0.05) is 13.1 Å². The lowest BCUT2D eigenvalue weighted by atomic mass is 10.2. The summed E-state index contributed by atoms with van der Waals surface area (Å²) in [5.74, 6) is 0.913. The Morgan fingerprint density at radius 1 is 1.00 bits per heavy atom. The van der Waals surface area contributed by atoms with Gasteiger partial charge < -0.3 is 19.7 Å². The van der Waals surface area contributed by atoms with Crippen LogP contribution in [0.25, 0.3) is 0 Å². The zero-order valence-corrected chi connectivity index (χ0v) is 15.1. The predicted molar refractivity (Wildman–Crippen MR) is 99.0 cm³/mol. The largest absolute Gasteiger partial charge is 0.497 e. The number of para-hydroxylation sites is 1. The Morgan fingerprint density at radius 3 is 2.31 bits per heavy atom. The number of likely N-dealkylation sites (N-methyl/N-ethyl adjacent to an activating group) is 1. The minimum Gasteiger partial charge on any atom is -0.497 e. The van der Waals surface area contributed by atoms with E-state index in [1.807, 2.05) is 49.4 Å². The van der Waals surface area contributed by atoms with Gasteiger partial charge in [-0.1, -0.05) is 30.3 Å². The highest BCUT2D eigenvalue weighted by Crippen LogP contribution is 2.13. The van der Waals surface area contributed by atoms with Crippen molar-refractivity contribution in [1.82, 2.24) is 10.2 Å². The van der Waals surface area contributed by atoms with Gasteiger partial charge in [-0.05, 0) is 36.8 Å². The number of hydrogen-bond acceptors (Lipinski definition) is 4. The van der Waals surface area contributed by atoms with Gasteiger partial charge in [0.05, 0.1) is 13.7 Å². The van der Waals surface area contributed by atoms with Crippen molar-refractivity contribution in [2.45, 2.75) is 13.5 Å². The van der Waals surface area contributed by atoms with Gasteiger partial charge in [0.2, 0.25) is 5.91 Å². The summed E-state index contributed by atoms with van der Waals surface area (Å²) < 4.78 is 10.5. The van der Waals surface area contributed by atoms with Crippen molar-refractivity contribution >= 4 is 11.8 Å². The Morgan fingerprint density at radius 2 is 1.69 bits per heavy atom. The number of benzene rings is 2. The molecule has 1 N–H and O–H groups in total. The standard InChI is InChI=1S/C20H24N2O4/c1-3-22(14-16-9-11-17(25-2)12-10-16)20(24)13-21-19(23)15-26-18-7-5-4-6-8-18/h4-12H,3,13-15H2,1-2H3,(H,21,23). The van der Waals surface area contributed by atoms with Crippen LogP contribution in [0.1, 0.15) is 12.5 Å². The van der Waals surface area contributed by atoms with Crippen LogP contribution in [0.15, 0.2) is 54.6 Å². The van der Waals surface area contributed by atoms with Crippen LogP contribution in [-0.2, 0) is 16.1 Å². The second-order valence-corrected chi connectivity index (χ2v) is 5.63. The molecule has 6 heteroatoms. The fraction of sp³-hybridized carbons (Fsp3) is 0.300. The summed E-state index contributed by atoms with van der Waals surface area (Å²) in [6.45, 7) is 2.77. The van der Waals surface area contributed by atoms with Crippen molar-refractivity contribution in [3.8, 4) is 11.5 Å². The normalized spacial score (nSPS) is 10.1. The summed E-state index contributed by atoms with van der Waals surface area (Å²) >= 11 is 0. The second kappa shape index (κ2) is 10.1. The maximum absolute atomic E-state index is 12.3. The zero-order valence-electron chi connectivity index (χ0n) is 15.1. The molecule has 26 heavy (non-hydrogen) atoms. The minimum atomic E-state index is -0.331. The Bertz CT molecular complexity index is 702. The lowest BCUT2D eigenvalue weighted by Crippen LogP contribution is -2.41. The number of carbonyl (C=O) groups is 2. The number of carbonyl (C=O) groups excluding carboxylic acids is 2. The topological polar surface area (TPSA) is 67.9 Å². The van der Waals surface area contributed by atoms with E-state index in [0.29, 0.717) is 18.8 Å². The zero-order chi connectivity index (χ0) is 18.8. The van der Waals surface area contributed by atoms with E-state index in [-0.39, 0.29) is 25.0 Å². The molecule has 0 aliphatic heterocycles. The molecule has 0 spiro atoms. The molecule has 0 bridgehead atoms. The average molecular weight is 356 g/mol. The van der Waals surface area contributed by atoms with Gasteiger partial charge in [-0.15, -0.1) is 0 Å². The lowest BCUT2D eigenvalue weighted by molar-refractivity contribution is -0.133. The van der Waals surface area contributed by atoms with Gasteiger partial charge in [0.15, 0.2) is 6.61 Å². The first-order chi connectivity index (χ1) is 12.6. The molecule has 2 aromatic carbocycles. The molecule has 0 atom stereocenters. The Hall–Kier alpha value is -3.02. The van der Waals surface area contributed by atoms with Crippen LogP contribution in [0, 0.1) is 0 Å². The van der Waals surface area contributed by atoms with Gasteiger partial charge in [0.25, 0.3) is 5.91 Å². The first-order valence-electron chi connectivity index (χ1n) is 8.47. The Kier molecular flexibility index (Phi) is 7.49. The molecule has 0 fully saturated rings. The van der Waals surface area contributed by atoms with Crippen molar-refractivity contribution in [2.24, 2.45) is 0 Å². The monoisotopic (exact) mass is 356 g/mol. The summed E-state index contributed by atoms with van der Waals surface area (Å²) in [7, 11) is 1.61. The second-order valence-electron chi connectivity index (χ2n) is 5.63. The van der Waals surface area contributed by atoms with Gasteiger partial charge in [-0.3, -0.25) is 9.59 Å². The third-order valence-corrected chi connectivity index (χ3v) is 3.82. The van der Waals surface area contributed by atoms with Gasteiger partial charge >= 0.3 is 0 Å². The first-order valence-corrected chi connectivity index (χ1v) is 8.47. The van der Waals surface area contributed by atoms with E-state index in [2.05, 4.69) is 5.32 Å². The van der Waals surface area contributed by atoms with E-state index in [9.17, 15) is 9.59 Å². The number of hydrogen-bond donors (Lipinski definition) is 1. The summed E-state index contributed by atoms with van der Waals surface area (Å²) in [4.78, 5) is 25.8. The first kappa shape index (κ1) is 19.3. The molecule has 0 aliphatic rings. The number of nitrogens with zero attached hydrogens (tertiary/aromatic N) is 1. The van der Waals surface area contributed by atoms with Crippen LogP contribution in [0.3, 0.4) is 0 Å². The molecule has 138 valence electrons. The molecule has 0 unspecified atom stereocenters. The smallest absolute Gasteiger partial charge is 0.258 e. The number of methoxy groups -OCH3 is 1. The van der Waals surface area contributed by atoms with E-state index >= 15 is 0 Å².